The highest BCUT2D eigenvalue weighted by atomic mass is 19.4. The van der Waals surface area contributed by atoms with Gasteiger partial charge in [-0.25, -0.2) is 19.2 Å². The minimum atomic E-state index is -5.08. The highest BCUT2D eigenvalue weighted by Gasteiger charge is 2.40. The van der Waals surface area contributed by atoms with E-state index >= 15 is 0 Å². The van der Waals surface area contributed by atoms with Crippen molar-refractivity contribution in [2.75, 3.05) is 83.9 Å². The molecule has 3 rings (SSSR count). The SMILES string of the molecule is O=C(O)C(F)(F)F.O=C(O)C(F)(F)F.O=C(O)C(F)(F)F.O=C(O)C(F)(F)F.O=C(O)CN1CCCN2CCN(CCCN(CC(=O)Nc3ccccc3)CC2)CC1. The molecule has 334 valence electrons. The number of hydrogen-bond acceptors (Lipinski definition) is 10. The number of aliphatic carboxylic acids is 5. The second kappa shape index (κ2) is 26.1. The number of amides is 1. The maximum atomic E-state index is 12.5. The summed E-state index contributed by atoms with van der Waals surface area (Å²) in [7, 11) is 0. The number of carboxylic acids is 5. The van der Waals surface area contributed by atoms with Crippen LogP contribution in [0, 0.1) is 0 Å². The number of carbonyl (C=O) groups excluding carboxylic acids is 1. The molecule has 58 heavy (non-hydrogen) atoms. The van der Waals surface area contributed by atoms with Gasteiger partial charge in [-0.1, -0.05) is 18.2 Å². The van der Waals surface area contributed by atoms with E-state index in [4.69, 9.17) is 44.7 Å². The van der Waals surface area contributed by atoms with Crippen molar-refractivity contribution in [2.24, 2.45) is 0 Å². The van der Waals surface area contributed by atoms with Gasteiger partial charge in [0.25, 0.3) is 0 Å². The molecule has 0 aromatic heterocycles. The van der Waals surface area contributed by atoms with Crippen molar-refractivity contribution in [3.63, 3.8) is 0 Å². The van der Waals surface area contributed by atoms with Crippen molar-refractivity contribution < 1.29 is 107 Å². The van der Waals surface area contributed by atoms with E-state index in [0.29, 0.717) is 6.54 Å². The van der Waals surface area contributed by atoms with Crippen molar-refractivity contribution in [1.29, 1.82) is 0 Å². The number of para-hydroxylation sites is 1. The fraction of sp³-hybridized carbons (Fsp3) is 0.600. The summed E-state index contributed by atoms with van der Waals surface area (Å²) >= 11 is 0. The fourth-order valence-corrected chi connectivity index (χ4v) is 4.21. The third kappa shape index (κ3) is 29.3. The van der Waals surface area contributed by atoms with Crippen molar-refractivity contribution in [1.82, 2.24) is 19.6 Å². The zero-order valence-corrected chi connectivity index (χ0v) is 29.8. The van der Waals surface area contributed by atoms with Gasteiger partial charge >= 0.3 is 54.6 Å². The molecule has 2 fully saturated rings. The third-order valence-electron chi connectivity index (χ3n) is 6.85. The van der Waals surface area contributed by atoms with E-state index in [9.17, 15) is 62.3 Å². The number of anilines is 1. The van der Waals surface area contributed by atoms with Crippen molar-refractivity contribution in [3.8, 4) is 0 Å². The van der Waals surface area contributed by atoms with Gasteiger partial charge in [-0.2, -0.15) is 52.7 Å². The normalized spacial score (nSPS) is 18.3. The Labute approximate surface area is 320 Å². The van der Waals surface area contributed by atoms with Gasteiger partial charge in [0.2, 0.25) is 5.91 Å². The molecule has 2 bridgehead atoms. The smallest absolute Gasteiger partial charge is 0.480 e. The van der Waals surface area contributed by atoms with Gasteiger partial charge in [0.1, 0.15) is 0 Å². The molecule has 1 aromatic rings. The molecule has 2 saturated heterocycles. The summed E-state index contributed by atoms with van der Waals surface area (Å²) in [6.07, 6.45) is -18.3. The topological polar surface area (TPSA) is 229 Å². The van der Waals surface area contributed by atoms with E-state index in [2.05, 4.69) is 24.9 Å². The van der Waals surface area contributed by atoms with E-state index in [1.807, 2.05) is 30.3 Å². The largest absolute Gasteiger partial charge is 0.490 e. The number of nitrogens with one attached hydrogen (secondary N) is 1. The number of nitrogens with zero attached hydrogens (tertiary/aromatic N) is 4. The molecule has 1 amide bonds. The van der Waals surface area contributed by atoms with Crippen LogP contribution in [-0.4, -0.2) is 184 Å². The van der Waals surface area contributed by atoms with E-state index in [1.165, 1.54) is 0 Å². The minimum absolute atomic E-state index is 0.0343. The maximum Gasteiger partial charge on any atom is 0.490 e. The van der Waals surface area contributed by atoms with Gasteiger partial charge in [0.15, 0.2) is 0 Å². The summed E-state index contributed by atoms with van der Waals surface area (Å²) in [5.41, 5.74) is 0.837. The first-order valence-electron chi connectivity index (χ1n) is 16.0. The second-order valence-corrected chi connectivity index (χ2v) is 11.5. The first-order valence-corrected chi connectivity index (χ1v) is 16.0. The van der Waals surface area contributed by atoms with Gasteiger partial charge in [0.05, 0.1) is 13.1 Å². The maximum absolute atomic E-state index is 12.5. The highest BCUT2D eigenvalue weighted by Crippen LogP contribution is 2.15. The lowest BCUT2D eigenvalue weighted by Crippen LogP contribution is -2.48. The van der Waals surface area contributed by atoms with Gasteiger partial charge in [0, 0.05) is 51.5 Å². The zero-order valence-electron chi connectivity index (χ0n) is 29.8. The molecule has 0 spiro atoms. The average molecular weight is 874 g/mol. The monoisotopic (exact) mass is 873 g/mol. The first-order chi connectivity index (χ1) is 26.4. The molecular weight excluding hydrogens is 834 g/mol. The number of halogens is 12. The van der Waals surface area contributed by atoms with E-state index in [0.717, 1.165) is 84.0 Å². The summed E-state index contributed by atoms with van der Waals surface area (Å²) in [5, 5.41) is 40.6. The molecule has 2 atom stereocenters. The molecule has 16 nitrogen and oxygen atoms in total. The van der Waals surface area contributed by atoms with Crippen LogP contribution < -0.4 is 5.32 Å². The molecule has 0 radical (unpaired) electrons. The van der Waals surface area contributed by atoms with Crippen molar-refractivity contribution in [3.05, 3.63) is 30.3 Å². The van der Waals surface area contributed by atoms with Crippen LogP contribution in [-0.2, 0) is 28.8 Å². The number of alkyl halides is 12. The van der Waals surface area contributed by atoms with Crippen molar-refractivity contribution >= 4 is 41.4 Å². The minimum Gasteiger partial charge on any atom is -0.480 e. The number of benzene rings is 1. The molecule has 28 heteroatoms. The van der Waals surface area contributed by atoms with Crippen LogP contribution in [0.5, 0.6) is 0 Å². The van der Waals surface area contributed by atoms with Gasteiger partial charge < -0.3 is 40.6 Å². The Kier molecular flexibility index (Phi) is 24.8. The van der Waals surface area contributed by atoms with Crippen LogP contribution in [0.2, 0.25) is 0 Å². The Morgan fingerprint density at radius 2 is 0.759 bits per heavy atom. The Bertz CT molecular complexity index is 1340. The number of carbonyl (C=O) groups is 6. The summed E-state index contributed by atoms with van der Waals surface area (Å²) in [6.45, 7) is 9.76. The van der Waals surface area contributed by atoms with Crippen LogP contribution in [0.3, 0.4) is 0 Å². The number of hydrogen-bond donors (Lipinski definition) is 6. The molecule has 2 heterocycles. The van der Waals surface area contributed by atoms with E-state index < -0.39 is 54.6 Å². The Balaban J connectivity index is 0. The summed E-state index contributed by atoms with van der Waals surface area (Å²) in [4.78, 5) is 68.5. The Morgan fingerprint density at radius 1 is 0.466 bits per heavy atom. The van der Waals surface area contributed by atoms with Crippen LogP contribution >= 0.6 is 0 Å². The molecule has 1 aromatic carbocycles. The first kappa shape index (κ1) is 55.1. The lowest BCUT2D eigenvalue weighted by molar-refractivity contribution is -0.193. The molecule has 0 saturated carbocycles. The predicted octanol–water partition coefficient (Wildman–Crippen LogP) is 3.26. The predicted molar refractivity (Wildman–Crippen MR) is 172 cm³/mol. The zero-order chi connectivity index (χ0) is 45.5. The lowest BCUT2D eigenvalue weighted by atomic mass is 10.2. The summed E-state index contributed by atoms with van der Waals surface area (Å²) in [5.74, 6) is -11.7. The summed E-state index contributed by atoms with van der Waals surface area (Å²) < 4.78 is 127. The molecule has 6 N–H and O–H groups in total. The summed E-state index contributed by atoms with van der Waals surface area (Å²) in [6, 6.07) is 9.61. The van der Waals surface area contributed by atoms with E-state index in [1.54, 1.807) is 0 Å². The van der Waals surface area contributed by atoms with Crippen LogP contribution in [0.15, 0.2) is 30.3 Å². The second-order valence-electron chi connectivity index (χ2n) is 11.5. The molecule has 2 unspecified atom stereocenters. The van der Waals surface area contributed by atoms with Crippen LogP contribution in [0.25, 0.3) is 0 Å². The third-order valence-corrected chi connectivity index (χ3v) is 6.85. The van der Waals surface area contributed by atoms with Gasteiger partial charge in [-0.15, -0.1) is 0 Å². The average Bonchev–Trinajstić information content (AvgIpc) is 3.07. The number of rotatable bonds is 5. The van der Waals surface area contributed by atoms with Gasteiger partial charge in [-0.3, -0.25) is 19.4 Å². The van der Waals surface area contributed by atoms with Gasteiger partial charge in [-0.05, 0) is 44.6 Å². The molecule has 2 aliphatic rings. The Morgan fingerprint density at radius 3 is 1.05 bits per heavy atom. The standard InChI is InChI=1S/C22H35N5O3.4C2HF3O2/c28-21(23-20-6-2-1-3-7-20)18-26-10-4-8-25-13-12-24(14-16-26)9-5-11-27(17-15-25)19-22(29)30;4*3-2(4,5)1(6)7/h1-3,6-7H,4-5,8-19H2,(H,23,28)(H,29,30);4*(H,6,7). The lowest BCUT2D eigenvalue weighted by Gasteiger charge is -2.35. The van der Waals surface area contributed by atoms with E-state index in [-0.39, 0.29) is 12.5 Å². The Hall–Kier alpha value is -4.96. The number of fused-ring (bicyclic) bond motifs is 3. The fourth-order valence-electron chi connectivity index (χ4n) is 4.21. The highest BCUT2D eigenvalue weighted by molar-refractivity contribution is 5.92. The van der Waals surface area contributed by atoms with Crippen LogP contribution in [0.4, 0.5) is 58.4 Å². The van der Waals surface area contributed by atoms with Crippen molar-refractivity contribution in [2.45, 2.75) is 37.5 Å². The number of carboxylic acid groups (broad SMARTS) is 5. The quantitative estimate of drug-likeness (QED) is 0.234. The molecular formula is C30H39F12N5O11. The van der Waals surface area contributed by atoms with Crippen LogP contribution in [0.1, 0.15) is 12.8 Å². The molecule has 0 aliphatic carbocycles. The molecule has 2 aliphatic heterocycles.